The van der Waals surface area contributed by atoms with Crippen molar-refractivity contribution in [3.63, 3.8) is 0 Å². The van der Waals surface area contributed by atoms with Gasteiger partial charge >= 0.3 is 0 Å². The van der Waals surface area contributed by atoms with Gasteiger partial charge < -0.3 is 14.3 Å². The van der Waals surface area contributed by atoms with Gasteiger partial charge in [-0.2, -0.15) is 0 Å². The van der Waals surface area contributed by atoms with Crippen molar-refractivity contribution >= 4 is 19.5 Å². The van der Waals surface area contributed by atoms with Crippen molar-refractivity contribution in [3.8, 4) is 28.0 Å². The van der Waals surface area contributed by atoms with Gasteiger partial charge in [0.25, 0.3) is 0 Å². The molecular formula is C50H64F2O3Si. The number of aliphatic hydroxyl groups is 1. The van der Waals surface area contributed by atoms with E-state index in [2.05, 4.69) is 91.9 Å². The monoisotopic (exact) mass is 778 g/mol. The normalized spacial score (nSPS) is 16.7. The fourth-order valence-electron chi connectivity index (χ4n) is 7.80. The Balaban J connectivity index is 0.000000219. The number of benzene rings is 4. The molecule has 0 spiro atoms. The molecule has 300 valence electrons. The summed E-state index contributed by atoms with van der Waals surface area (Å²) in [5.74, 6) is 0.199. The van der Waals surface area contributed by atoms with Gasteiger partial charge in [0, 0.05) is 11.1 Å². The summed E-state index contributed by atoms with van der Waals surface area (Å²) in [7, 11) is -0.259. The Labute approximate surface area is 337 Å². The highest BCUT2D eigenvalue weighted by atomic mass is 28.4. The maximum atomic E-state index is 14.9. The zero-order valence-corrected chi connectivity index (χ0v) is 36.8. The molecule has 6 heteroatoms. The molecule has 4 aromatic carbocycles. The molecule has 3 nitrogen and oxygen atoms in total. The number of aliphatic hydroxyl groups excluding tert-OH is 1. The quantitative estimate of drug-likeness (QED) is 0.172. The van der Waals surface area contributed by atoms with Crippen LogP contribution in [0.15, 0.2) is 84.9 Å². The lowest BCUT2D eigenvalue weighted by Gasteiger charge is -2.36. The smallest absolute Gasteiger partial charge is 0.192 e. The van der Waals surface area contributed by atoms with E-state index in [-0.39, 0.29) is 34.1 Å². The van der Waals surface area contributed by atoms with Gasteiger partial charge in [-0.15, -0.1) is 0 Å². The lowest BCUT2D eigenvalue weighted by atomic mass is 9.71. The Bertz CT molecular complexity index is 2080. The van der Waals surface area contributed by atoms with Crippen molar-refractivity contribution in [1.29, 1.82) is 0 Å². The van der Waals surface area contributed by atoms with Gasteiger partial charge in [0.1, 0.15) is 17.4 Å². The van der Waals surface area contributed by atoms with Gasteiger partial charge in [0.15, 0.2) is 8.32 Å². The third-order valence-corrected chi connectivity index (χ3v) is 16.9. The molecule has 0 atom stereocenters. The molecule has 0 amide bonds. The average molecular weight is 779 g/mol. The van der Waals surface area contributed by atoms with E-state index in [9.17, 15) is 13.9 Å². The highest BCUT2D eigenvalue weighted by Gasteiger charge is 2.37. The largest absolute Gasteiger partial charge is 0.497 e. The fourth-order valence-corrected chi connectivity index (χ4v) is 8.76. The Kier molecular flexibility index (Phi) is 13.4. The predicted octanol–water partition coefficient (Wildman–Crippen LogP) is 14.5. The predicted molar refractivity (Wildman–Crippen MR) is 234 cm³/mol. The van der Waals surface area contributed by atoms with E-state index in [0.717, 1.165) is 59.1 Å². The first-order valence-electron chi connectivity index (χ1n) is 20.3. The summed E-state index contributed by atoms with van der Waals surface area (Å²) in [6.45, 7) is 23.1. The second kappa shape index (κ2) is 17.3. The molecule has 0 aliphatic heterocycles. The summed E-state index contributed by atoms with van der Waals surface area (Å²) in [4.78, 5) is 0. The number of methoxy groups -OCH3 is 1. The lowest BCUT2D eigenvalue weighted by Crippen LogP contribution is -2.40. The van der Waals surface area contributed by atoms with Crippen molar-refractivity contribution in [2.45, 2.75) is 125 Å². The summed E-state index contributed by atoms with van der Waals surface area (Å²) in [5, 5.41) is 9.75. The fraction of sp³-hybridized carbons (Fsp3) is 0.440. The number of aryl methyl sites for hydroxylation is 1. The second-order valence-electron chi connectivity index (χ2n) is 18.6. The summed E-state index contributed by atoms with van der Waals surface area (Å²) in [6, 6.07) is 22.4. The standard InChI is InChI=1S/C28H39FOSi.C22H25FO2/c1-20-12-15-26(29)24(17-20)22-14-13-21(19-30-31(7,8)27(2,3)4)18-23(22)25-11-9-10-16-28(25,5)6;1-22(2)11-5-4-6-20(22)18-12-15(14-24)7-9-17(18)19-13-16(25-3)8-10-21(19)23/h11-15,17-18H,9-10,16,19H2,1-8H3;6-10,12-13,24H,4-5,11,14H2,1-3H3. The zero-order valence-electron chi connectivity index (χ0n) is 35.8. The van der Waals surface area contributed by atoms with E-state index in [1.54, 1.807) is 25.3 Å². The molecule has 6 rings (SSSR count). The maximum absolute atomic E-state index is 14.9. The van der Waals surface area contributed by atoms with Crippen LogP contribution < -0.4 is 4.74 Å². The minimum Gasteiger partial charge on any atom is -0.497 e. The molecular weight excluding hydrogens is 715 g/mol. The van der Waals surface area contributed by atoms with Crippen molar-refractivity contribution in [2.75, 3.05) is 7.11 Å². The third-order valence-electron chi connectivity index (χ3n) is 12.4. The van der Waals surface area contributed by atoms with Crippen LogP contribution in [0.25, 0.3) is 33.4 Å². The summed E-state index contributed by atoms with van der Waals surface area (Å²) >= 11 is 0. The summed E-state index contributed by atoms with van der Waals surface area (Å²) < 4.78 is 41.3. The zero-order chi connectivity index (χ0) is 41.1. The third kappa shape index (κ3) is 9.81. The first-order chi connectivity index (χ1) is 26.3. The van der Waals surface area contributed by atoms with Gasteiger partial charge in [0.2, 0.25) is 0 Å². The van der Waals surface area contributed by atoms with E-state index in [1.165, 1.54) is 35.6 Å². The molecule has 2 aliphatic rings. The van der Waals surface area contributed by atoms with Gasteiger partial charge in [-0.25, -0.2) is 8.78 Å². The van der Waals surface area contributed by atoms with E-state index in [0.29, 0.717) is 23.5 Å². The van der Waals surface area contributed by atoms with Gasteiger partial charge in [-0.1, -0.05) is 96.5 Å². The Hall–Kier alpha value is -3.84. The molecule has 1 N–H and O–H groups in total. The van der Waals surface area contributed by atoms with E-state index in [4.69, 9.17) is 9.16 Å². The van der Waals surface area contributed by atoms with E-state index >= 15 is 0 Å². The first kappa shape index (κ1) is 43.3. The molecule has 0 saturated carbocycles. The second-order valence-corrected chi connectivity index (χ2v) is 23.4. The molecule has 0 fully saturated rings. The van der Waals surface area contributed by atoms with E-state index < -0.39 is 8.32 Å². The first-order valence-corrected chi connectivity index (χ1v) is 23.2. The Morgan fingerprint density at radius 1 is 0.661 bits per heavy atom. The Morgan fingerprint density at radius 2 is 1.16 bits per heavy atom. The number of hydrogen-bond acceptors (Lipinski definition) is 3. The maximum Gasteiger partial charge on any atom is 0.192 e. The van der Waals surface area contributed by atoms with Gasteiger partial charge in [0.05, 0.1) is 20.3 Å². The Morgan fingerprint density at radius 3 is 1.66 bits per heavy atom. The molecule has 0 unspecified atom stereocenters. The van der Waals surface area contributed by atoms with Crippen LogP contribution in [-0.4, -0.2) is 20.5 Å². The number of allylic oxidation sites excluding steroid dienone is 4. The highest BCUT2D eigenvalue weighted by molar-refractivity contribution is 6.74. The lowest BCUT2D eigenvalue weighted by molar-refractivity contribution is 0.276. The molecule has 0 saturated heterocycles. The molecule has 0 aromatic heterocycles. The van der Waals surface area contributed by atoms with Crippen molar-refractivity contribution in [1.82, 2.24) is 0 Å². The topological polar surface area (TPSA) is 38.7 Å². The van der Waals surface area contributed by atoms with Crippen LogP contribution >= 0.6 is 0 Å². The molecule has 56 heavy (non-hydrogen) atoms. The average Bonchev–Trinajstić information content (AvgIpc) is 3.14. The van der Waals surface area contributed by atoms with Crippen molar-refractivity contribution in [3.05, 3.63) is 124 Å². The van der Waals surface area contributed by atoms with Gasteiger partial charge in [-0.05, 0) is 161 Å². The summed E-state index contributed by atoms with van der Waals surface area (Å²) in [5.41, 5.74) is 10.9. The molecule has 0 radical (unpaired) electrons. The SMILES string of the molecule is COc1ccc(F)c(-c2ccc(CO)cc2C2=CCCCC2(C)C)c1.Cc1ccc(F)c(-c2ccc(CO[Si](C)(C)C(C)(C)C)cc2C2=CCCCC2(C)C)c1. The van der Waals surface area contributed by atoms with Crippen LogP contribution in [-0.2, 0) is 17.6 Å². The van der Waals surface area contributed by atoms with Crippen LogP contribution in [0, 0.1) is 29.4 Å². The van der Waals surface area contributed by atoms with Gasteiger partial charge in [-0.3, -0.25) is 0 Å². The van der Waals surface area contributed by atoms with Crippen molar-refractivity contribution in [2.24, 2.45) is 10.8 Å². The molecule has 0 heterocycles. The molecule has 0 bridgehead atoms. The van der Waals surface area contributed by atoms with Crippen LogP contribution in [0.3, 0.4) is 0 Å². The van der Waals surface area contributed by atoms with Crippen LogP contribution in [0.2, 0.25) is 18.1 Å². The highest BCUT2D eigenvalue weighted by Crippen LogP contribution is 2.48. The number of hydrogen-bond donors (Lipinski definition) is 1. The van der Waals surface area contributed by atoms with Crippen LogP contribution in [0.1, 0.15) is 115 Å². The number of ether oxygens (including phenoxy) is 1. The van der Waals surface area contributed by atoms with Crippen LogP contribution in [0.4, 0.5) is 8.78 Å². The minimum absolute atomic E-state index is 0.0242. The molecule has 4 aromatic rings. The number of rotatable bonds is 9. The summed E-state index contributed by atoms with van der Waals surface area (Å²) in [6.07, 6.45) is 11.4. The van der Waals surface area contributed by atoms with Crippen molar-refractivity contribution < 1.29 is 23.1 Å². The van der Waals surface area contributed by atoms with E-state index in [1.807, 2.05) is 37.3 Å². The minimum atomic E-state index is -1.84. The van der Waals surface area contributed by atoms with Crippen LogP contribution in [0.5, 0.6) is 5.75 Å². The number of halogens is 2. The molecule has 2 aliphatic carbocycles.